The number of anilines is 1. The molecule has 4 rings (SSSR count). The molecular formula is C21H15ClN4O3. The van der Waals surface area contributed by atoms with E-state index in [9.17, 15) is 9.59 Å². The minimum Gasteiger partial charge on any atom is -0.463 e. The summed E-state index contributed by atoms with van der Waals surface area (Å²) in [5.74, 6) is -0.373. The summed E-state index contributed by atoms with van der Waals surface area (Å²) >= 11 is 5.97. The van der Waals surface area contributed by atoms with Crippen LogP contribution in [0.3, 0.4) is 0 Å². The first-order valence-electron chi connectivity index (χ1n) is 8.62. The molecule has 0 fully saturated rings. The van der Waals surface area contributed by atoms with E-state index < -0.39 is 11.8 Å². The number of furan rings is 1. The average Bonchev–Trinajstić information content (AvgIpc) is 3.39. The highest BCUT2D eigenvalue weighted by Gasteiger charge is 2.18. The van der Waals surface area contributed by atoms with Gasteiger partial charge in [0.25, 0.3) is 5.91 Å². The Morgan fingerprint density at radius 2 is 1.76 bits per heavy atom. The summed E-state index contributed by atoms with van der Waals surface area (Å²) in [7, 11) is 0. The van der Waals surface area contributed by atoms with E-state index in [1.54, 1.807) is 77.7 Å². The second-order valence-electron chi connectivity index (χ2n) is 6.18. The van der Waals surface area contributed by atoms with Gasteiger partial charge in [-0.2, -0.15) is 5.10 Å². The molecule has 0 saturated carbocycles. The lowest BCUT2D eigenvalue weighted by atomic mass is 10.2. The second kappa shape index (κ2) is 7.65. The topological polar surface area (TPSA) is 103 Å². The fourth-order valence-corrected chi connectivity index (χ4v) is 2.91. The summed E-state index contributed by atoms with van der Waals surface area (Å²) in [4.78, 5) is 23.9. The monoisotopic (exact) mass is 406 g/mol. The molecule has 3 N–H and O–H groups in total. The molecule has 0 unspecified atom stereocenters. The number of nitrogens with two attached hydrogens (primary N) is 1. The fourth-order valence-electron chi connectivity index (χ4n) is 2.78. The van der Waals surface area contributed by atoms with Crippen molar-refractivity contribution in [3.05, 3.63) is 89.3 Å². The van der Waals surface area contributed by atoms with E-state index in [1.807, 2.05) is 0 Å². The van der Waals surface area contributed by atoms with Crippen LogP contribution in [0.4, 0.5) is 5.69 Å². The summed E-state index contributed by atoms with van der Waals surface area (Å²) in [6, 6.07) is 18.5. The highest BCUT2D eigenvalue weighted by atomic mass is 35.5. The molecule has 0 saturated heterocycles. The Hall–Kier alpha value is -3.84. The molecule has 0 aliphatic carbocycles. The van der Waals surface area contributed by atoms with Gasteiger partial charge < -0.3 is 15.5 Å². The van der Waals surface area contributed by atoms with Crippen molar-refractivity contribution in [3.63, 3.8) is 0 Å². The van der Waals surface area contributed by atoms with Gasteiger partial charge in [0.1, 0.15) is 5.69 Å². The Labute approximate surface area is 170 Å². The number of carbonyl (C=O) groups is 2. The summed E-state index contributed by atoms with van der Waals surface area (Å²) in [5.41, 5.74) is 7.65. The van der Waals surface area contributed by atoms with Crippen molar-refractivity contribution in [2.24, 2.45) is 5.73 Å². The van der Waals surface area contributed by atoms with Gasteiger partial charge in [0.05, 0.1) is 12.0 Å². The van der Waals surface area contributed by atoms with Gasteiger partial charge >= 0.3 is 0 Å². The zero-order valence-corrected chi connectivity index (χ0v) is 15.8. The third-order valence-electron chi connectivity index (χ3n) is 4.21. The first-order chi connectivity index (χ1) is 14.0. The normalized spacial score (nSPS) is 10.7. The van der Waals surface area contributed by atoms with Crippen molar-refractivity contribution >= 4 is 29.1 Å². The predicted octanol–water partition coefficient (Wildman–Crippen LogP) is 4.14. The van der Waals surface area contributed by atoms with Gasteiger partial charge in [-0.05, 0) is 60.7 Å². The Bertz CT molecular complexity index is 1160. The average molecular weight is 407 g/mol. The minimum atomic E-state index is -0.535. The number of carbonyl (C=O) groups excluding carboxylic acids is 2. The maximum absolute atomic E-state index is 12.7. The molecular weight excluding hydrogens is 392 g/mol. The van der Waals surface area contributed by atoms with Crippen molar-refractivity contribution in [2.45, 2.75) is 0 Å². The van der Waals surface area contributed by atoms with Crippen LogP contribution in [0.5, 0.6) is 0 Å². The Morgan fingerprint density at radius 1 is 1.03 bits per heavy atom. The van der Waals surface area contributed by atoms with E-state index in [0.29, 0.717) is 27.7 Å². The molecule has 2 amide bonds. The van der Waals surface area contributed by atoms with Crippen LogP contribution in [-0.4, -0.2) is 21.6 Å². The number of aromatic nitrogens is 2. The van der Waals surface area contributed by atoms with Crippen LogP contribution < -0.4 is 11.1 Å². The lowest BCUT2D eigenvalue weighted by Crippen LogP contribution is -2.14. The molecule has 0 atom stereocenters. The van der Waals surface area contributed by atoms with Crippen molar-refractivity contribution in [1.29, 1.82) is 0 Å². The maximum atomic E-state index is 12.7. The van der Waals surface area contributed by atoms with Gasteiger partial charge in [-0.15, -0.1) is 0 Å². The largest absolute Gasteiger partial charge is 0.463 e. The second-order valence-corrected chi connectivity index (χ2v) is 6.61. The van der Waals surface area contributed by atoms with Crippen LogP contribution in [0.25, 0.3) is 17.1 Å². The molecule has 144 valence electrons. The molecule has 4 aromatic rings. The van der Waals surface area contributed by atoms with Crippen LogP contribution in [-0.2, 0) is 0 Å². The molecule has 2 aromatic carbocycles. The zero-order valence-electron chi connectivity index (χ0n) is 15.0. The van der Waals surface area contributed by atoms with Gasteiger partial charge in [0.15, 0.2) is 11.5 Å². The lowest BCUT2D eigenvalue weighted by molar-refractivity contribution is 0.0997. The number of nitrogens with one attached hydrogen (secondary N) is 1. The third-order valence-corrected chi connectivity index (χ3v) is 4.47. The Balaban J connectivity index is 1.67. The van der Waals surface area contributed by atoms with Crippen LogP contribution in [0.2, 0.25) is 5.02 Å². The van der Waals surface area contributed by atoms with Crippen LogP contribution >= 0.6 is 11.6 Å². The van der Waals surface area contributed by atoms with E-state index in [1.165, 1.54) is 0 Å². The number of rotatable bonds is 5. The molecule has 29 heavy (non-hydrogen) atoms. The lowest BCUT2D eigenvalue weighted by Gasteiger charge is -2.06. The molecule has 0 radical (unpaired) electrons. The van der Waals surface area contributed by atoms with Crippen molar-refractivity contribution in [1.82, 2.24) is 9.78 Å². The molecule has 0 aliphatic rings. The highest BCUT2D eigenvalue weighted by Crippen LogP contribution is 2.25. The molecule has 0 spiro atoms. The van der Waals surface area contributed by atoms with E-state index in [0.717, 1.165) is 5.69 Å². The standard InChI is InChI=1S/C21H15ClN4O3/c22-14-5-9-16(10-6-14)26-18(19-2-1-11-29-19)12-17(25-26)21(28)24-15-7-3-13(4-8-15)20(23)27/h1-12H,(H2,23,27)(H,24,28). The number of nitrogens with zero attached hydrogens (tertiary/aromatic N) is 2. The van der Waals surface area contributed by atoms with Crippen molar-refractivity contribution < 1.29 is 14.0 Å². The van der Waals surface area contributed by atoms with Crippen molar-refractivity contribution in [3.8, 4) is 17.1 Å². The van der Waals surface area contributed by atoms with Gasteiger partial charge in [-0.25, -0.2) is 4.68 Å². The number of primary amides is 1. The first kappa shape index (κ1) is 18.5. The van der Waals surface area contributed by atoms with E-state index in [2.05, 4.69) is 10.4 Å². The van der Waals surface area contributed by atoms with E-state index in [4.69, 9.17) is 21.8 Å². The molecule has 2 aromatic heterocycles. The third kappa shape index (κ3) is 3.90. The van der Waals surface area contributed by atoms with Crippen LogP contribution in [0.1, 0.15) is 20.8 Å². The summed E-state index contributed by atoms with van der Waals surface area (Å²) < 4.78 is 7.10. The van der Waals surface area contributed by atoms with Crippen LogP contribution in [0, 0.1) is 0 Å². The molecule has 0 aliphatic heterocycles. The van der Waals surface area contributed by atoms with Crippen LogP contribution in [0.15, 0.2) is 77.4 Å². The maximum Gasteiger partial charge on any atom is 0.276 e. The smallest absolute Gasteiger partial charge is 0.276 e. The molecule has 7 nitrogen and oxygen atoms in total. The van der Waals surface area contributed by atoms with Crippen molar-refractivity contribution in [2.75, 3.05) is 5.32 Å². The predicted molar refractivity (Wildman–Crippen MR) is 109 cm³/mol. The Morgan fingerprint density at radius 3 is 2.38 bits per heavy atom. The minimum absolute atomic E-state index is 0.199. The van der Waals surface area contributed by atoms with E-state index in [-0.39, 0.29) is 5.69 Å². The highest BCUT2D eigenvalue weighted by molar-refractivity contribution is 6.30. The molecule has 8 heteroatoms. The summed E-state index contributed by atoms with van der Waals surface area (Å²) in [6.45, 7) is 0. The van der Waals surface area contributed by atoms with Gasteiger partial charge in [-0.3, -0.25) is 9.59 Å². The Kier molecular flexibility index (Phi) is 4.88. The summed E-state index contributed by atoms with van der Waals surface area (Å²) in [5, 5.41) is 7.78. The van der Waals surface area contributed by atoms with Gasteiger partial charge in [-0.1, -0.05) is 11.6 Å². The molecule has 0 bridgehead atoms. The zero-order chi connectivity index (χ0) is 20.4. The molecule has 2 heterocycles. The fraction of sp³-hybridized carbons (Fsp3) is 0. The SMILES string of the molecule is NC(=O)c1ccc(NC(=O)c2cc(-c3ccco3)n(-c3ccc(Cl)cc3)n2)cc1. The van der Waals surface area contributed by atoms with E-state index >= 15 is 0 Å². The quantitative estimate of drug-likeness (QED) is 0.519. The number of benzene rings is 2. The van der Waals surface area contributed by atoms with Gasteiger partial charge in [0, 0.05) is 22.3 Å². The first-order valence-corrected chi connectivity index (χ1v) is 9.00. The summed E-state index contributed by atoms with van der Waals surface area (Å²) in [6.07, 6.45) is 1.55. The van der Waals surface area contributed by atoms with Gasteiger partial charge in [0.2, 0.25) is 5.91 Å². The number of hydrogen-bond donors (Lipinski definition) is 2. The number of hydrogen-bond acceptors (Lipinski definition) is 4. The number of halogens is 1. The number of amides is 2.